The third kappa shape index (κ3) is 4.70. The molecule has 7 nitrogen and oxygen atoms in total. The Labute approximate surface area is 195 Å². The van der Waals surface area contributed by atoms with Gasteiger partial charge in [0.15, 0.2) is 5.13 Å². The topological polar surface area (TPSA) is 76.8 Å². The van der Waals surface area contributed by atoms with Crippen LogP contribution < -0.4 is 4.90 Å². The van der Waals surface area contributed by atoms with Gasteiger partial charge in [0.2, 0.25) is 0 Å². The van der Waals surface area contributed by atoms with Gasteiger partial charge in [-0.2, -0.15) is 0 Å². The molecule has 162 valence electrons. The second-order valence-electron chi connectivity index (χ2n) is 7.38. The zero-order valence-electron chi connectivity index (χ0n) is 17.7. The van der Waals surface area contributed by atoms with E-state index in [9.17, 15) is 4.79 Å². The second kappa shape index (κ2) is 9.54. The van der Waals surface area contributed by atoms with Crippen LogP contribution in [0, 0.1) is 0 Å². The van der Waals surface area contributed by atoms with E-state index in [1.165, 1.54) is 22.3 Å². The lowest BCUT2D eigenvalue weighted by Crippen LogP contribution is -2.33. The predicted octanol–water partition coefficient (Wildman–Crippen LogP) is 4.68. The summed E-state index contributed by atoms with van der Waals surface area (Å²) in [6.45, 7) is 0.514. The van der Waals surface area contributed by atoms with Crippen molar-refractivity contribution in [2.45, 2.75) is 6.42 Å². The van der Waals surface area contributed by atoms with Crippen LogP contribution in [0.3, 0.4) is 0 Å². The van der Waals surface area contributed by atoms with Crippen LogP contribution >= 0.6 is 11.3 Å². The minimum atomic E-state index is -0.116. The highest BCUT2D eigenvalue weighted by Crippen LogP contribution is 2.29. The number of rotatable bonds is 7. The molecule has 0 spiro atoms. The third-order valence-corrected chi connectivity index (χ3v) is 6.07. The van der Waals surface area contributed by atoms with Crippen LogP contribution in [0.15, 0.2) is 96.6 Å². The van der Waals surface area contributed by atoms with Crippen LogP contribution in [-0.4, -0.2) is 37.6 Å². The van der Waals surface area contributed by atoms with Crippen molar-refractivity contribution >= 4 is 22.4 Å². The van der Waals surface area contributed by atoms with E-state index < -0.39 is 0 Å². The molecule has 2 aromatic heterocycles. The Balaban J connectivity index is 1.47. The molecule has 3 aromatic carbocycles. The van der Waals surface area contributed by atoms with E-state index in [1.807, 2.05) is 66.0 Å². The fraction of sp³-hybridized carbons (Fsp3) is 0.0800. The molecular weight excluding hydrogens is 432 g/mol. The minimum Gasteiger partial charge on any atom is -0.284 e. The zero-order chi connectivity index (χ0) is 22.5. The molecule has 0 saturated carbocycles. The number of carbonyl (C=O) groups excluding carboxylic acids is 1. The summed E-state index contributed by atoms with van der Waals surface area (Å²) in [5.41, 5.74) is 4.31. The lowest BCUT2D eigenvalue weighted by Gasteiger charge is -2.20. The van der Waals surface area contributed by atoms with E-state index in [1.54, 1.807) is 17.0 Å². The van der Waals surface area contributed by atoms with Crippen LogP contribution in [-0.2, 0) is 6.42 Å². The Morgan fingerprint density at radius 3 is 2.48 bits per heavy atom. The Kier molecular flexibility index (Phi) is 5.99. The molecule has 0 unspecified atom stereocenters. The summed E-state index contributed by atoms with van der Waals surface area (Å²) in [5.74, 6) is -0.116. The Morgan fingerprint density at radius 2 is 1.73 bits per heavy atom. The highest BCUT2D eigenvalue weighted by Gasteiger charge is 2.22. The van der Waals surface area contributed by atoms with Gasteiger partial charge in [0.25, 0.3) is 5.91 Å². The maximum atomic E-state index is 13.7. The number of anilines is 1. The lowest BCUT2D eigenvalue weighted by atomic mass is 10.1. The average Bonchev–Trinajstić information content (AvgIpc) is 3.59. The molecule has 5 rings (SSSR count). The minimum absolute atomic E-state index is 0.116. The van der Waals surface area contributed by atoms with E-state index in [2.05, 4.69) is 27.7 Å². The number of aromatic nitrogens is 5. The van der Waals surface area contributed by atoms with E-state index in [0.717, 1.165) is 28.9 Å². The number of tetrazole rings is 1. The summed E-state index contributed by atoms with van der Waals surface area (Å²) >= 11 is 1.47. The Bertz CT molecular complexity index is 1340. The normalized spacial score (nSPS) is 10.8. The van der Waals surface area contributed by atoms with E-state index in [4.69, 9.17) is 4.98 Å². The first-order valence-electron chi connectivity index (χ1n) is 10.5. The van der Waals surface area contributed by atoms with Crippen LogP contribution in [0.2, 0.25) is 0 Å². The van der Waals surface area contributed by atoms with Crippen molar-refractivity contribution in [1.29, 1.82) is 0 Å². The van der Waals surface area contributed by atoms with Crippen molar-refractivity contribution < 1.29 is 4.79 Å². The van der Waals surface area contributed by atoms with Crippen molar-refractivity contribution in [2.24, 2.45) is 0 Å². The number of amides is 1. The summed E-state index contributed by atoms with van der Waals surface area (Å²) in [6.07, 6.45) is 2.23. The van der Waals surface area contributed by atoms with Gasteiger partial charge in [-0.15, -0.1) is 16.4 Å². The molecule has 5 aromatic rings. The number of hydrogen-bond donors (Lipinski definition) is 0. The summed E-state index contributed by atoms with van der Waals surface area (Å²) in [5, 5.41) is 13.9. The standard InChI is InChI=1S/C25H20N6OS/c32-24(21-12-7-13-22(16-21)31-18-26-28-29-31)30(15-14-19-8-3-1-4-9-19)25-27-23(17-33-25)20-10-5-2-6-11-20/h1-13,16-18H,14-15H2. The first-order valence-corrected chi connectivity index (χ1v) is 11.4. The van der Waals surface area contributed by atoms with Crippen molar-refractivity contribution in [3.8, 4) is 16.9 Å². The average molecular weight is 453 g/mol. The van der Waals surface area contributed by atoms with Crippen molar-refractivity contribution in [3.05, 3.63) is 108 Å². The Morgan fingerprint density at radius 1 is 0.939 bits per heavy atom. The molecule has 0 fully saturated rings. The number of thiazole rings is 1. The van der Waals surface area contributed by atoms with Gasteiger partial charge in [0, 0.05) is 23.1 Å². The molecule has 33 heavy (non-hydrogen) atoms. The molecule has 0 aliphatic carbocycles. The van der Waals surface area contributed by atoms with Crippen molar-refractivity contribution in [1.82, 2.24) is 25.2 Å². The smallest absolute Gasteiger partial charge is 0.260 e. The largest absolute Gasteiger partial charge is 0.284 e. The first kappa shape index (κ1) is 20.7. The lowest BCUT2D eigenvalue weighted by molar-refractivity contribution is 0.0987. The molecular formula is C25H20N6OS. The fourth-order valence-corrected chi connectivity index (χ4v) is 4.37. The van der Waals surface area contributed by atoms with Crippen LogP contribution in [0.1, 0.15) is 15.9 Å². The maximum Gasteiger partial charge on any atom is 0.260 e. The van der Waals surface area contributed by atoms with E-state index >= 15 is 0 Å². The summed E-state index contributed by atoms with van der Waals surface area (Å²) in [7, 11) is 0. The van der Waals surface area contributed by atoms with Gasteiger partial charge < -0.3 is 0 Å². The third-order valence-electron chi connectivity index (χ3n) is 5.21. The quantitative estimate of drug-likeness (QED) is 0.358. The van der Waals surface area contributed by atoms with Gasteiger partial charge >= 0.3 is 0 Å². The SMILES string of the molecule is O=C(c1cccc(-n2cnnn2)c1)N(CCc1ccccc1)c1nc(-c2ccccc2)cs1. The molecule has 0 bridgehead atoms. The van der Waals surface area contributed by atoms with E-state index in [-0.39, 0.29) is 5.91 Å². The summed E-state index contributed by atoms with van der Waals surface area (Å²) in [6, 6.07) is 27.4. The molecule has 0 radical (unpaired) electrons. The summed E-state index contributed by atoms with van der Waals surface area (Å²) < 4.78 is 1.53. The number of nitrogens with zero attached hydrogens (tertiary/aromatic N) is 6. The molecule has 0 aliphatic rings. The molecule has 1 amide bonds. The molecule has 0 atom stereocenters. The number of hydrogen-bond acceptors (Lipinski definition) is 6. The zero-order valence-corrected chi connectivity index (χ0v) is 18.5. The molecule has 0 N–H and O–H groups in total. The van der Waals surface area contributed by atoms with Gasteiger partial charge in [-0.3, -0.25) is 9.69 Å². The highest BCUT2D eigenvalue weighted by molar-refractivity contribution is 7.14. The molecule has 0 saturated heterocycles. The van der Waals surface area contributed by atoms with Crippen LogP contribution in [0.5, 0.6) is 0 Å². The first-order chi connectivity index (χ1) is 16.3. The summed E-state index contributed by atoms with van der Waals surface area (Å²) in [4.78, 5) is 20.2. The Hall–Kier alpha value is -4.17. The fourth-order valence-electron chi connectivity index (χ4n) is 3.52. The number of benzene rings is 3. The van der Waals surface area contributed by atoms with Gasteiger partial charge in [0.1, 0.15) is 6.33 Å². The van der Waals surface area contributed by atoms with E-state index in [0.29, 0.717) is 17.2 Å². The van der Waals surface area contributed by atoms with Crippen molar-refractivity contribution in [2.75, 3.05) is 11.4 Å². The van der Waals surface area contributed by atoms with Crippen LogP contribution in [0.4, 0.5) is 5.13 Å². The molecule has 8 heteroatoms. The highest BCUT2D eigenvalue weighted by atomic mass is 32.1. The van der Waals surface area contributed by atoms with Gasteiger partial charge in [-0.1, -0.05) is 66.7 Å². The molecule has 2 heterocycles. The van der Waals surface area contributed by atoms with Gasteiger partial charge in [0.05, 0.1) is 11.4 Å². The van der Waals surface area contributed by atoms with Gasteiger partial charge in [-0.05, 0) is 40.6 Å². The maximum absolute atomic E-state index is 13.7. The molecule has 0 aliphatic heterocycles. The monoisotopic (exact) mass is 452 g/mol. The van der Waals surface area contributed by atoms with Crippen molar-refractivity contribution in [3.63, 3.8) is 0 Å². The predicted molar refractivity (Wildman–Crippen MR) is 129 cm³/mol. The van der Waals surface area contributed by atoms with Crippen LogP contribution in [0.25, 0.3) is 16.9 Å². The van der Waals surface area contributed by atoms with Gasteiger partial charge in [-0.25, -0.2) is 9.67 Å². The number of carbonyl (C=O) groups is 1. The second-order valence-corrected chi connectivity index (χ2v) is 8.22.